The molecule has 1 aromatic rings. The summed E-state index contributed by atoms with van der Waals surface area (Å²) in [4.78, 5) is 13.9. The molecule has 116 valence electrons. The number of nitrogens with zero attached hydrogens (tertiary/aromatic N) is 1. The molecular formula is C16H24N2O3. The Bertz CT molecular complexity index is 465. The predicted octanol–water partition coefficient (Wildman–Crippen LogP) is 2.52. The number of nitrogens with one attached hydrogen (secondary N) is 1. The number of rotatable bonds is 5. The molecule has 1 fully saturated rings. The summed E-state index contributed by atoms with van der Waals surface area (Å²) in [7, 11) is 1.62. The lowest BCUT2D eigenvalue weighted by Gasteiger charge is -2.30. The first-order valence-electron chi connectivity index (χ1n) is 7.48. The fourth-order valence-electron chi connectivity index (χ4n) is 2.50. The topological polar surface area (TPSA) is 50.8 Å². The Morgan fingerprint density at radius 2 is 2.24 bits per heavy atom. The van der Waals surface area contributed by atoms with Crippen LogP contribution < -0.4 is 14.8 Å². The smallest absolute Gasteiger partial charge is 0.317 e. The van der Waals surface area contributed by atoms with Gasteiger partial charge in [0, 0.05) is 19.2 Å². The molecule has 5 heteroatoms. The van der Waals surface area contributed by atoms with Crippen molar-refractivity contribution in [2.75, 3.05) is 33.4 Å². The zero-order valence-corrected chi connectivity index (χ0v) is 12.8. The van der Waals surface area contributed by atoms with Crippen molar-refractivity contribution in [1.82, 2.24) is 10.2 Å². The third-order valence-corrected chi connectivity index (χ3v) is 3.63. The van der Waals surface area contributed by atoms with Crippen LogP contribution in [0.3, 0.4) is 0 Å². The van der Waals surface area contributed by atoms with Crippen LogP contribution in [0.2, 0.25) is 0 Å². The average molecular weight is 292 g/mol. The van der Waals surface area contributed by atoms with E-state index < -0.39 is 0 Å². The number of likely N-dealkylation sites (tertiary alicyclic amines) is 1. The Labute approximate surface area is 126 Å². The molecule has 1 heterocycles. The van der Waals surface area contributed by atoms with Gasteiger partial charge in [0.25, 0.3) is 0 Å². The van der Waals surface area contributed by atoms with Gasteiger partial charge in [-0.3, -0.25) is 0 Å². The van der Waals surface area contributed by atoms with Crippen molar-refractivity contribution in [3.8, 4) is 11.5 Å². The van der Waals surface area contributed by atoms with Crippen molar-refractivity contribution in [3.05, 3.63) is 24.3 Å². The van der Waals surface area contributed by atoms with E-state index >= 15 is 0 Å². The quantitative estimate of drug-likeness (QED) is 0.848. The molecule has 1 atom stereocenters. The van der Waals surface area contributed by atoms with E-state index in [1.807, 2.05) is 29.2 Å². The van der Waals surface area contributed by atoms with Crippen molar-refractivity contribution in [2.45, 2.75) is 19.8 Å². The van der Waals surface area contributed by atoms with E-state index in [1.165, 1.54) is 6.42 Å². The molecule has 1 N–H and O–H groups in total. The first kappa shape index (κ1) is 15.5. The fourth-order valence-corrected chi connectivity index (χ4v) is 2.50. The Hall–Kier alpha value is -1.91. The van der Waals surface area contributed by atoms with E-state index in [2.05, 4.69) is 12.2 Å². The highest BCUT2D eigenvalue weighted by Crippen LogP contribution is 2.18. The lowest BCUT2D eigenvalue weighted by atomic mass is 10.0. The molecule has 5 nitrogen and oxygen atoms in total. The molecular weight excluding hydrogens is 268 g/mol. The van der Waals surface area contributed by atoms with E-state index in [0.29, 0.717) is 19.1 Å². The number of benzene rings is 1. The molecule has 1 unspecified atom stereocenters. The zero-order chi connectivity index (χ0) is 15.1. The van der Waals surface area contributed by atoms with Gasteiger partial charge in [-0.05, 0) is 30.9 Å². The van der Waals surface area contributed by atoms with E-state index in [0.717, 1.165) is 31.0 Å². The van der Waals surface area contributed by atoms with Crippen LogP contribution in [0, 0.1) is 5.92 Å². The van der Waals surface area contributed by atoms with Gasteiger partial charge in [0.05, 0.1) is 13.7 Å². The summed E-state index contributed by atoms with van der Waals surface area (Å²) < 4.78 is 10.7. The number of hydrogen-bond acceptors (Lipinski definition) is 3. The average Bonchev–Trinajstić information content (AvgIpc) is 2.51. The van der Waals surface area contributed by atoms with Gasteiger partial charge >= 0.3 is 6.03 Å². The van der Waals surface area contributed by atoms with Gasteiger partial charge in [-0.15, -0.1) is 0 Å². The molecule has 0 spiro atoms. The molecule has 0 bridgehead atoms. The van der Waals surface area contributed by atoms with Crippen LogP contribution in [0.4, 0.5) is 4.79 Å². The molecule has 0 aliphatic carbocycles. The van der Waals surface area contributed by atoms with Gasteiger partial charge in [-0.2, -0.15) is 0 Å². The molecule has 2 amide bonds. The van der Waals surface area contributed by atoms with Crippen LogP contribution in [0.1, 0.15) is 19.8 Å². The van der Waals surface area contributed by atoms with Gasteiger partial charge in [0.2, 0.25) is 0 Å². The highest BCUT2D eigenvalue weighted by atomic mass is 16.5. The van der Waals surface area contributed by atoms with Gasteiger partial charge in [0.1, 0.15) is 18.1 Å². The number of amides is 2. The number of carbonyl (C=O) groups is 1. The van der Waals surface area contributed by atoms with Crippen LogP contribution in [0.15, 0.2) is 24.3 Å². The van der Waals surface area contributed by atoms with Gasteiger partial charge in [-0.1, -0.05) is 13.0 Å². The van der Waals surface area contributed by atoms with Crippen molar-refractivity contribution < 1.29 is 14.3 Å². The lowest BCUT2D eigenvalue weighted by molar-refractivity contribution is 0.167. The molecule has 0 aromatic heterocycles. The lowest BCUT2D eigenvalue weighted by Crippen LogP contribution is -2.45. The maximum absolute atomic E-state index is 12.0. The minimum Gasteiger partial charge on any atom is -0.497 e. The van der Waals surface area contributed by atoms with Crippen LogP contribution in [-0.4, -0.2) is 44.3 Å². The molecule has 1 aromatic carbocycles. The van der Waals surface area contributed by atoms with E-state index in [4.69, 9.17) is 9.47 Å². The molecule has 1 aliphatic heterocycles. The van der Waals surface area contributed by atoms with Crippen molar-refractivity contribution >= 4 is 6.03 Å². The molecule has 0 saturated carbocycles. The van der Waals surface area contributed by atoms with E-state index in [9.17, 15) is 4.79 Å². The number of hydrogen-bond donors (Lipinski definition) is 1. The van der Waals surface area contributed by atoms with E-state index in [-0.39, 0.29) is 6.03 Å². The van der Waals surface area contributed by atoms with Crippen LogP contribution in [0.25, 0.3) is 0 Å². The minimum atomic E-state index is 0.00999. The molecule has 1 saturated heterocycles. The van der Waals surface area contributed by atoms with Crippen LogP contribution in [0.5, 0.6) is 11.5 Å². The van der Waals surface area contributed by atoms with Gasteiger partial charge in [-0.25, -0.2) is 4.79 Å². The van der Waals surface area contributed by atoms with Crippen LogP contribution in [-0.2, 0) is 0 Å². The maximum atomic E-state index is 12.0. The Morgan fingerprint density at radius 3 is 3.00 bits per heavy atom. The van der Waals surface area contributed by atoms with Crippen molar-refractivity contribution in [3.63, 3.8) is 0 Å². The second-order valence-electron chi connectivity index (χ2n) is 5.45. The maximum Gasteiger partial charge on any atom is 0.317 e. The summed E-state index contributed by atoms with van der Waals surface area (Å²) in [5.74, 6) is 2.10. The van der Waals surface area contributed by atoms with Gasteiger partial charge in [0.15, 0.2) is 0 Å². The third-order valence-electron chi connectivity index (χ3n) is 3.63. The summed E-state index contributed by atoms with van der Waals surface area (Å²) in [6.07, 6.45) is 2.30. The number of piperidine rings is 1. The normalized spacial score (nSPS) is 18.2. The molecule has 1 aliphatic rings. The summed E-state index contributed by atoms with van der Waals surface area (Å²) in [6.45, 7) is 4.84. The zero-order valence-electron chi connectivity index (χ0n) is 12.8. The Balaban J connectivity index is 1.68. The summed E-state index contributed by atoms with van der Waals surface area (Å²) in [5.41, 5.74) is 0. The standard InChI is InChI=1S/C16H24N2O3/c1-13-5-4-9-18(12-13)16(19)17-8-10-21-15-7-3-6-14(11-15)20-2/h3,6-7,11,13H,4-5,8-10,12H2,1-2H3,(H,17,19). The highest BCUT2D eigenvalue weighted by molar-refractivity contribution is 5.74. The molecule has 2 rings (SSSR count). The number of methoxy groups -OCH3 is 1. The fraction of sp³-hybridized carbons (Fsp3) is 0.562. The summed E-state index contributed by atoms with van der Waals surface area (Å²) in [5, 5.41) is 2.90. The van der Waals surface area contributed by atoms with Crippen molar-refractivity contribution in [1.29, 1.82) is 0 Å². The predicted molar refractivity (Wildman–Crippen MR) is 81.9 cm³/mol. The van der Waals surface area contributed by atoms with Crippen molar-refractivity contribution in [2.24, 2.45) is 5.92 Å². The molecule has 21 heavy (non-hydrogen) atoms. The third kappa shape index (κ3) is 4.85. The number of carbonyl (C=O) groups excluding carboxylic acids is 1. The number of urea groups is 1. The van der Waals surface area contributed by atoms with E-state index in [1.54, 1.807) is 7.11 Å². The minimum absolute atomic E-state index is 0.00999. The first-order valence-corrected chi connectivity index (χ1v) is 7.48. The highest BCUT2D eigenvalue weighted by Gasteiger charge is 2.20. The SMILES string of the molecule is COc1cccc(OCCNC(=O)N2CCCC(C)C2)c1. The number of ether oxygens (including phenoxy) is 2. The second kappa shape index (κ2) is 7.76. The molecule has 0 radical (unpaired) electrons. The first-order chi connectivity index (χ1) is 10.2. The monoisotopic (exact) mass is 292 g/mol. The van der Waals surface area contributed by atoms with Crippen LogP contribution >= 0.6 is 0 Å². The summed E-state index contributed by atoms with van der Waals surface area (Å²) >= 11 is 0. The largest absolute Gasteiger partial charge is 0.497 e. The van der Waals surface area contributed by atoms with Gasteiger partial charge < -0.3 is 19.7 Å². The Kier molecular flexibility index (Phi) is 5.72. The second-order valence-corrected chi connectivity index (χ2v) is 5.45. The summed E-state index contributed by atoms with van der Waals surface area (Å²) in [6, 6.07) is 7.45. The Morgan fingerprint density at radius 1 is 1.43 bits per heavy atom.